The second-order valence-electron chi connectivity index (χ2n) is 2.08. The molecular weight excluding hydrogens is 186 g/mol. The molecule has 1 rings (SSSR count). The summed E-state index contributed by atoms with van der Waals surface area (Å²) < 4.78 is 27.8. The fraction of sp³-hybridized carbons (Fsp3) is 0.500. The van der Waals surface area contributed by atoms with Gasteiger partial charge in [-0.3, -0.25) is 0 Å². The van der Waals surface area contributed by atoms with Gasteiger partial charge >= 0.3 is 0 Å². The number of anilines is 1. The van der Waals surface area contributed by atoms with Crippen LogP contribution in [0.15, 0.2) is 5.38 Å². The molecule has 1 aromatic heterocycles. The van der Waals surface area contributed by atoms with Crippen molar-refractivity contribution in [1.82, 2.24) is 4.98 Å². The Hall–Kier alpha value is -0.750. The normalized spacial score (nSPS) is 10.9. The lowest BCUT2D eigenvalue weighted by atomic mass is 10.5. The molecule has 0 amide bonds. The van der Waals surface area contributed by atoms with Crippen LogP contribution in [0.1, 0.15) is 5.69 Å². The first-order valence-corrected chi connectivity index (χ1v) is 4.12. The van der Waals surface area contributed by atoms with E-state index in [9.17, 15) is 8.78 Å². The summed E-state index contributed by atoms with van der Waals surface area (Å²) >= 11 is 1.26. The number of aromatic nitrogens is 1. The van der Waals surface area contributed by atoms with Gasteiger partial charge in [0.2, 0.25) is 0 Å². The summed E-state index contributed by atoms with van der Waals surface area (Å²) in [5.41, 5.74) is 5.91. The molecule has 0 aliphatic rings. The number of ether oxygens (including phenoxy) is 1. The highest BCUT2D eigenvalue weighted by Crippen LogP contribution is 2.11. The van der Waals surface area contributed by atoms with Crippen LogP contribution in [0.3, 0.4) is 0 Å². The van der Waals surface area contributed by atoms with Crippen molar-refractivity contribution in [2.75, 3.05) is 12.3 Å². The first-order chi connectivity index (χ1) is 5.68. The molecule has 12 heavy (non-hydrogen) atoms. The van der Waals surface area contributed by atoms with Crippen molar-refractivity contribution in [3.05, 3.63) is 11.1 Å². The third-order valence-corrected chi connectivity index (χ3v) is 1.79. The van der Waals surface area contributed by atoms with Gasteiger partial charge in [0.15, 0.2) is 5.13 Å². The number of hydrogen-bond donors (Lipinski definition) is 1. The molecule has 2 N–H and O–H groups in total. The van der Waals surface area contributed by atoms with E-state index >= 15 is 0 Å². The van der Waals surface area contributed by atoms with Gasteiger partial charge in [-0.05, 0) is 0 Å². The van der Waals surface area contributed by atoms with Crippen molar-refractivity contribution in [3.8, 4) is 0 Å². The second kappa shape index (κ2) is 4.32. The minimum absolute atomic E-state index is 0.0953. The number of rotatable bonds is 4. The fourth-order valence-electron chi connectivity index (χ4n) is 0.642. The Morgan fingerprint density at radius 2 is 2.42 bits per heavy atom. The Bertz CT molecular complexity index is 241. The van der Waals surface area contributed by atoms with Crippen molar-refractivity contribution in [1.29, 1.82) is 0 Å². The van der Waals surface area contributed by atoms with Crippen LogP contribution in [-0.4, -0.2) is 18.0 Å². The Morgan fingerprint density at radius 3 is 2.92 bits per heavy atom. The van der Waals surface area contributed by atoms with E-state index in [4.69, 9.17) is 5.73 Å². The highest BCUT2D eigenvalue weighted by Gasteiger charge is 2.03. The van der Waals surface area contributed by atoms with Gasteiger partial charge in [0.25, 0.3) is 6.43 Å². The van der Waals surface area contributed by atoms with Gasteiger partial charge in [0, 0.05) is 5.38 Å². The molecule has 0 saturated carbocycles. The Morgan fingerprint density at radius 1 is 1.67 bits per heavy atom. The summed E-state index contributed by atoms with van der Waals surface area (Å²) in [4.78, 5) is 3.83. The van der Waals surface area contributed by atoms with Crippen molar-refractivity contribution in [3.63, 3.8) is 0 Å². The lowest BCUT2D eigenvalue weighted by molar-refractivity contribution is 0.00901. The predicted octanol–water partition coefficient (Wildman–Crippen LogP) is 1.51. The minimum atomic E-state index is -2.43. The van der Waals surface area contributed by atoms with Crippen LogP contribution in [0.5, 0.6) is 0 Å². The summed E-state index contributed by atoms with van der Waals surface area (Å²) in [7, 11) is 0. The molecule has 0 atom stereocenters. The fourth-order valence-corrected chi connectivity index (χ4v) is 1.19. The zero-order valence-electron chi connectivity index (χ0n) is 6.17. The largest absolute Gasteiger partial charge is 0.375 e. The molecule has 0 aromatic carbocycles. The first kappa shape index (κ1) is 9.34. The van der Waals surface area contributed by atoms with Crippen LogP contribution in [-0.2, 0) is 11.3 Å². The van der Waals surface area contributed by atoms with Crippen LogP contribution in [0.2, 0.25) is 0 Å². The maximum Gasteiger partial charge on any atom is 0.261 e. The monoisotopic (exact) mass is 194 g/mol. The molecule has 0 spiro atoms. The zero-order chi connectivity index (χ0) is 8.97. The maximum atomic E-state index is 11.6. The third kappa shape index (κ3) is 3.10. The molecule has 0 saturated heterocycles. The van der Waals surface area contributed by atoms with Gasteiger partial charge < -0.3 is 10.5 Å². The lowest BCUT2D eigenvalue weighted by Crippen LogP contribution is -2.04. The molecule has 6 heteroatoms. The molecular formula is C6H8F2N2OS. The summed E-state index contributed by atoms with van der Waals surface area (Å²) in [6, 6.07) is 0. The molecule has 1 aromatic rings. The molecule has 3 nitrogen and oxygen atoms in total. The lowest BCUT2D eigenvalue weighted by Gasteiger charge is -1.99. The quantitative estimate of drug-likeness (QED) is 0.790. The molecule has 0 aliphatic heterocycles. The standard InChI is InChI=1S/C6H8F2N2OS/c7-5(8)2-11-1-4-3-12-6(9)10-4/h3,5H,1-2H2,(H2,9,10). The van der Waals surface area contributed by atoms with E-state index in [0.717, 1.165) is 0 Å². The van der Waals surface area contributed by atoms with E-state index in [1.165, 1.54) is 11.3 Å². The van der Waals surface area contributed by atoms with Crippen molar-refractivity contribution < 1.29 is 13.5 Å². The van der Waals surface area contributed by atoms with E-state index in [2.05, 4.69) is 9.72 Å². The van der Waals surface area contributed by atoms with Gasteiger partial charge in [0.1, 0.15) is 6.61 Å². The van der Waals surface area contributed by atoms with Gasteiger partial charge in [-0.25, -0.2) is 13.8 Å². The van der Waals surface area contributed by atoms with Crippen molar-refractivity contribution >= 4 is 16.5 Å². The van der Waals surface area contributed by atoms with Crippen LogP contribution >= 0.6 is 11.3 Å². The molecule has 0 unspecified atom stereocenters. The molecule has 0 fully saturated rings. The Labute approximate surface area is 72.2 Å². The number of halogens is 2. The van der Waals surface area contributed by atoms with E-state index in [-0.39, 0.29) is 6.61 Å². The van der Waals surface area contributed by atoms with Crippen molar-refractivity contribution in [2.45, 2.75) is 13.0 Å². The van der Waals surface area contributed by atoms with E-state index < -0.39 is 13.0 Å². The van der Waals surface area contributed by atoms with Gasteiger partial charge in [-0.15, -0.1) is 11.3 Å². The summed E-state index contributed by atoms with van der Waals surface area (Å²) in [5, 5.41) is 2.10. The smallest absolute Gasteiger partial charge is 0.261 e. The van der Waals surface area contributed by atoms with Gasteiger partial charge in [-0.1, -0.05) is 0 Å². The molecule has 0 bridgehead atoms. The zero-order valence-corrected chi connectivity index (χ0v) is 6.98. The topological polar surface area (TPSA) is 48.1 Å². The van der Waals surface area contributed by atoms with E-state index in [1.807, 2.05) is 0 Å². The number of nitrogens with zero attached hydrogens (tertiary/aromatic N) is 1. The maximum absolute atomic E-state index is 11.6. The SMILES string of the molecule is Nc1nc(COCC(F)F)cs1. The van der Waals surface area contributed by atoms with E-state index in [1.54, 1.807) is 5.38 Å². The minimum Gasteiger partial charge on any atom is -0.375 e. The van der Waals surface area contributed by atoms with Crippen LogP contribution in [0.4, 0.5) is 13.9 Å². The second-order valence-corrected chi connectivity index (χ2v) is 2.97. The van der Waals surface area contributed by atoms with Crippen molar-refractivity contribution in [2.24, 2.45) is 0 Å². The number of nitrogen functional groups attached to an aromatic ring is 1. The summed E-state index contributed by atoms with van der Waals surface area (Å²) in [6.45, 7) is -0.463. The highest BCUT2D eigenvalue weighted by atomic mass is 32.1. The summed E-state index contributed by atoms with van der Waals surface area (Å²) in [6.07, 6.45) is -2.43. The number of alkyl halides is 2. The summed E-state index contributed by atoms with van der Waals surface area (Å²) in [5.74, 6) is 0. The third-order valence-electron chi connectivity index (χ3n) is 1.06. The molecule has 1 heterocycles. The van der Waals surface area contributed by atoms with Crippen LogP contribution in [0.25, 0.3) is 0 Å². The van der Waals surface area contributed by atoms with Crippen LogP contribution < -0.4 is 5.73 Å². The average Bonchev–Trinajstić information content (AvgIpc) is 2.35. The van der Waals surface area contributed by atoms with E-state index in [0.29, 0.717) is 10.8 Å². The first-order valence-electron chi connectivity index (χ1n) is 3.24. The Balaban J connectivity index is 2.24. The highest BCUT2D eigenvalue weighted by molar-refractivity contribution is 7.13. The number of thiazole rings is 1. The average molecular weight is 194 g/mol. The molecule has 68 valence electrons. The van der Waals surface area contributed by atoms with Gasteiger partial charge in [0.05, 0.1) is 12.3 Å². The van der Waals surface area contributed by atoms with Crippen LogP contribution in [0, 0.1) is 0 Å². The molecule has 0 radical (unpaired) electrons. The Kier molecular flexibility index (Phi) is 3.36. The number of nitrogens with two attached hydrogens (primary N) is 1. The molecule has 0 aliphatic carbocycles. The predicted molar refractivity (Wildman–Crippen MR) is 42.2 cm³/mol. The van der Waals surface area contributed by atoms with Gasteiger partial charge in [-0.2, -0.15) is 0 Å². The number of hydrogen-bond acceptors (Lipinski definition) is 4.